The Bertz CT molecular complexity index is 170. The summed E-state index contributed by atoms with van der Waals surface area (Å²) in [6.45, 7) is 3.89. The maximum Gasteiger partial charge on any atom is 0.304 e. The monoisotopic (exact) mass is 185 g/mol. The van der Waals surface area contributed by atoms with Crippen molar-refractivity contribution < 1.29 is 9.90 Å². The maximum absolute atomic E-state index is 10.2. The summed E-state index contributed by atoms with van der Waals surface area (Å²) in [6, 6.07) is 0. The van der Waals surface area contributed by atoms with E-state index in [2.05, 4.69) is 12.2 Å². The van der Waals surface area contributed by atoms with Crippen LogP contribution < -0.4 is 5.32 Å². The van der Waals surface area contributed by atoms with Gasteiger partial charge in [-0.25, -0.2) is 0 Å². The summed E-state index contributed by atoms with van der Waals surface area (Å²) in [7, 11) is 0. The zero-order chi connectivity index (χ0) is 9.68. The lowest BCUT2D eigenvalue weighted by Gasteiger charge is -2.15. The lowest BCUT2D eigenvalue weighted by Crippen LogP contribution is -2.26. The van der Waals surface area contributed by atoms with Crippen LogP contribution in [0.4, 0.5) is 0 Å². The van der Waals surface area contributed by atoms with Crippen molar-refractivity contribution in [3.05, 3.63) is 0 Å². The van der Waals surface area contributed by atoms with Gasteiger partial charge in [-0.1, -0.05) is 19.8 Å². The van der Waals surface area contributed by atoms with Crippen LogP contribution in [0.2, 0.25) is 0 Å². The number of hydrogen-bond donors (Lipinski definition) is 2. The standard InChI is InChI=1S/C10H19NO2/c1-8-3-2-4-9(8)7-11-6-5-10(12)13/h8-9,11H,2-7H2,1H3,(H,12,13). The molecule has 76 valence electrons. The predicted molar refractivity (Wildman–Crippen MR) is 51.6 cm³/mol. The molecule has 0 heterocycles. The van der Waals surface area contributed by atoms with Gasteiger partial charge in [-0.05, 0) is 24.8 Å². The average molecular weight is 185 g/mol. The largest absolute Gasteiger partial charge is 0.481 e. The summed E-state index contributed by atoms with van der Waals surface area (Å²) < 4.78 is 0. The smallest absolute Gasteiger partial charge is 0.304 e. The van der Waals surface area contributed by atoms with Crippen LogP contribution in [0.1, 0.15) is 32.6 Å². The highest BCUT2D eigenvalue weighted by molar-refractivity contribution is 5.66. The number of carbonyl (C=O) groups is 1. The number of rotatable bonds is 5. The minimum atomic E-state index is -0.716. The van der Waals surface area contributed by atoms with E-state index in [1.807, 2.05) is 0 Å². The minimum Gasteiger partial charge on any atom is -0.481 e. The molecule has 13 heavy (non-hydrogen) atoms. The van der Waals surface area contributed by atoms with Gasteiger partial charge in [0.25, 0.3) is 0 Å². The Labute approximate surface area is 79.5 Å². The van der Waals surface area contributed by atoms with Gasteiger partial charge in [0.15, 0.2) is 0 Å². The topological polar surface area (TPSA) is 49.3 Å². The van der Waals surface area contributed by atoms with Crippen molar-refractivity contribution in [3.63, 3.8) is 0 Å². The van der Waals surface area contributed by atoms with Gasteiger partial charge >= 0.3 is 5.97 Å². The molecule has 2 atom stereocenters. The molecule has 0 amide bonds. The van der Waals surface area contributed by atoms with Gasteiger partial charge < -0.3 is 10.4 Å². The molecule has 3 heteroatoms. The Morgan fingerprint density at radius 1 is 1.54 bits per heavy atom. The Balaban J connectivity index is 2.02. The van der Waals surface area contributed by atoms with Crippen molar-refractivity contribution in [2.45, 2.75) is 32.6 Å². The SMILES string of the molecule is CC1CCCC1CNCCC(=O)O. The molecule has 0 aromatic rings. The summed E-state index contributed by atoms with van der Waals surface area (Å²) in [6.07, 6.45) is 4.22. The van der Waals surface area contributed by atoms with E-state index in [0.717, 1.165) is 18.4 Å². The fourth-order valence-corrected chi connectivity index (χ4v) is 2.01. The molecule has 0 radical (unpaired) electrons. The molecule has 0 aromatic heterocycles. The summed E-state index contributed by atoms with van der Waals surface area (Å²) in [5.41, 5.74) is 0. The summed E-state index contributed by atoms with van der Waals surface area (Å²) in [5.74, 6) is 0.873. The number of carboxylic acid groups (broad SMARTS) is 1. The molecule has 0 aromatic carbocycles. The third-order valence-corrected chi connectivity index (χ3v) is 2.96. The lowest BCUT2D eigenvalue weighted by molar-refractivity contribution is -0.136. The first kappa shape index (κ1) is 10.5. The van der Waals surface area contributed by atoms with Gasteiger partial charge in [-0.3, -0.25) is 4.79 Å². The highest BCUT2D eigenvalue weighted by atomic mass is 16.4. The zero-order valence-corrected chi connectivity index (χ0v) is 8.25. The first-order valence-electron chi connectivity index (χ1n) is 5.12. The second-order valence-electron chi connectivity index (χ2n) is 4.02. The molecule has 0 aliphatic heterocycles. The van der Waals surface area contributed by atoms with Gasteiger partial charge in [-0.15, -0.1) is 0 Å². The Morgan fingerprint density at radius 3 is 2.85 bits per heavy atom. The number of carboxylic acids is 1. The van der Waals surface area contributed by atoms with Crippen LogP contribution in [-0.4, -0.2) is 24.2 Å². The zero-order valence-electron chi connectivity index (χ0n) is 8.25. The van der Waals surface area contributed by atoms with Gasteiger partial charge in [0.05, 0.1) is 6.42 Å². The van der Waals surface area contributed by atoms with Crippen LogP contribution in [0.15, 0.2) is 0 Å². The first-order chi connectivity index (χ1) is 6.20. The molecule has 3 nitrogen and oxygen atoms in total. The Morgan fingerprint density at radius 2 is 2.31 bits per heavy atom. The maximum atomic E-state index is 10.2. The van der Waals surface area contributed by atoms with Crippen LogP contribution in [-0.2, 0) is 4.79 Å². The Kier molecular flexibility index (Phi) is 4.22. The minimum absolute atomic E-state index is 0.237. The molecule has 1 saturated carbocycles. The van der Waals surface area contributed by atoms with Crippen molar-refractivity contribution >= 4 is 5.97 Å². The van der Waals surface area contributed by atoms with E-state index >= 15 is 0 Å². The average Bonchev–Trinajstić information content (AvgIpc) is 2.45. The second kappa shape index (κ2) is 5.22. The fourth-order valence-electron chi connectivity index (χ4n) is 2.01. The van der Waals surface area contributed by atoms with Crippen molar-refractivity contribution in [3.8, 4) is 0 Å². The summed E-state index contributed by atoms with van der Waals surface area (Å²) >= 11 is 0. The molecule has 2 N–H and O–H groups in total. The van der Waals surface area contributed by atoms with Crippen LogP contribution in [0, 0.1) is 11.8 Å². The van der Waals surface area contributed by atoms with E-state index in [1.54, 1.807) is 0 Å². The van der Waals surface area contributed by atoms with Crippen LogP contribution in [0.3, 0.4) is 0 Å². The third kappa shape index (κ3) is 3.77. The van der Waals surface area contributed by atoms with Gasteiger partial charge in [0.1, 0.15) is 0 Å². The molecule has 1 fully saturated rings. The van der Waals surface area contributed by atoms with E-state index in [9.17, 15) is 4.79 Å². The van der Waals surface area contributed by atoms with Crippen molar-refractivity contribution in [2.75, 3.05) is 13.1 Å². The molecule has 1 rings (SSSR count). The van der Waals surface area contributed by atoms with E-state index < -0.39 is 5.97 Å². The molecule has 2 unspecified atom stereocenters. The van der Waals surface area contributed by atoms with E-state index in [-0.39, 0.29) is 6.42 Å². The third-order valence-electron chi connectivity index (χ3n) is 2.96. The number of hydrogen-bond acceptors (Lipinski definition) is 2. The molecule has 1 aliphatic carbocycles. The number of nitrogens with one attached hydrogen (secondary N) is 1. The molecule has 0 saturated heterocycles. The molecule has 0 spiro atoms. The van der Waals surface area contributed by atoms with E-state index in [1.165, 1.54) is 19.3 Å². The van der Waals surface area contributed by atoms with Gasteiger partial charge in [-0.2, -0.15) is 0 Å². The van der Waals surface area contributed by atoms with Gasteiger partial charge in [0, 0.05) is 6.54 Å². The van der Waals surface area contributed by atoms with Crippen LogP contribution >= 0.6 is 0 Å². The lowest BCUT2D eigenvalue weighted by atomic mass is 9.98. The molecule has 0 bridgehead atoms. The van der Waals surface area contributed by atoms with E-state index in [0.29, 0.717) is 6.54 Å². The van der Waals surface area contributed by atoms with Crippen LogP contribution in [0.5, 0.6) is 0 Å². The van der Waals surface area contributed by atoms with Crippen molar-refractivity contribution in [2.24, 2.45) is 11.8 Å². The second-order valence-corrected chi connectivity index (χ2v) is 4.02. The van der Waals surface area contributed by atoms with Crippen molar-refractivity contribution in [1.82, 2.24) is 5.32 Å². The Hall–Kier alpha value is -0.570. The predicted octanol–water partition coefficient (Wildman–Crippen LogP) is 1.49. The summed E-state index contributed by atoms with van der Waals surface area (Å²) in [5, 5.41) is 11.6. The molecule has 1 aliphatic rings. The summed E-state index contributed by atoms with van der Waals surface area (Å²) in [4.78, 5) is 10.2. The van der Waals surface area contributed by atoms with Crippen LogP contribution in [0.25, 0.3) is 0 Å². The quantitative estimate of drug-likeness (QED) is 0.638. The fraction of sp³-hybridized carbons (Fsp3) is 0.900. The van der Waals surface area contributed by atoms with E-state index in [4.69, 9.17) is 5.11 Å². The molecular weight excluding hydrogens is 166 g/mol. The van der Waals surface area contributed by atoms with Crippen molar-refractivity contribution in [1.29, 1.82) is 0 Å². The van der Waals surface area contributed by atoms with Gasteiger partial charge in [0.2, 0.25) is 0 Å². The molecular formula is C10H19NO2. The highest BCUT2D eigenvalue weighted by Crippen LogP contribution is 2.30. The normalized spacial score (nSPS) is 27.8. The highest BCUT2D eigenvalue weighted by Gasteiger charge is 2.22. The number of aliphatic carboxylic acids is 1. The first-order valence-corrected chi connectivity index (χ1v) is 5.12.